The molecule has 1 heterocycles. The van der Waals surface area contributed by atoms with Gasteiger partial charge in [-0.2, -0.15) is 0 Å². The SMILES string of the molecule is O=C(NC(C(Cl)(Cl)Cl)S(=O)(=O)c1ccccc1)c1cccs1. The van der Waals surface area contributed by atoms with Gasteiger partial charge in [0, 0.05) is 0 Å². The van der Waals surface area contributed by atoms with Crippen LogP contribution in [0.3, 0.4) is 0 Å². The van der Waals surface area contributed by atoms with Gasteiger partial charge in [-0.15, -0.1) is 11.3 Å². The van der Waals surface area contributed by atoms with E-state index < -0.39 is 24.9 Å². The first-order valence-corrected chi connectivity index (χ1v) is 9.49. The Balaban J connectivity index is 2.37. The van der Waals surface area contributed by atoms with Crippen LogP contribution in [0.5, 0.6) is 0 Å². The minimum atomic E-state index is -4.07. The molecule has 2 rings (SSSR count). The highest BCUT2D eigenvalue weighted by molar-refractivity contribution is 7.92. The Morgan fingerprint density at radius 3 is 2.23 bits per heavy atom. The highest BCUT2D eigenvalue weighted by Crippen LogP contribution is 2.36. The number of halogens is 3. The molecule has 1 aromatic heterocycles. The van der Waals surface area contributed by atoms with Crippen LogP contribution in [-0.4, -0.2) is 23.5 Å². The standard InChI is InChI=1S/C13H10Cl3NO3S2/c14-13(15,16)12(17-11(18)10-7-4-8-21-10)22(19,20)9-5-2-1-3-6-9/h1-8,12H,(H,17,18). The Morgan fingerprint density at radius 1 is 1.09 bits per heavy atom. The lowest BCUT2D eigenvalue weighted by Gasteiger charge is -2.25. The van der Waals surface area contributed by atoms with E-state index in [1.54, 1.807) is 35.7 Å². The van der Waals surface area contributed by atoms with Crippen LogP contribution in [0.2, 0.25) is 0 Å². The average Bonchev–Trinajstić information content (AvgIpc) is 2.98. The predicted octanol–water partition coefficient (Wildman–Crippen LogP) is 3.65. The summed E-state index contributed by atoms with van der Waals surface area (Å²) in [6.07, 6.45) is 0. The number of thiophene rings is 1. The van der Waals surface area contributed by atoms with Gasteiger partial charge in [0.05, 0.1) is 9.77 Å². The second-order valence-corrected chi connectivity index (χ2v) is 9.58. The number of nitrogens with one attached hydrogen (secondary N) is 1. The fourth-order valence-corrected chi connectivity index (χ4v) is 4.95. The molecule has 4 nitrogen and oxygen atoms in total. The lowest BCUT2D eigenvalue weighted by atomic mass is 10.4. The number of alkyl halides is 3. The molecule has 9 heteroatoms. The summed E-state index contributed by atoms with van der Waals surface area (Å²) in [7, 11) is -4.07. The molecule has 0 aliphatic carbocycles. The van der Waals surface area contributed by atoms with Gasteiger partial charge in [-0.05, 0) is 23.6 Å². The quantitative estimate of drug-likeness (QED) is 0.800. The monoisotopic (exact) mass is 397 g/mol. The van der Waals surface area contributed by atoms with E-state index >= 15 is 0 Å². The molecule has 1 unspecified atom stereocenters. The van der Waals surface area contributed by atoms with Crippen LogP contribution in [0.25, 0.3) is 0 Å². The number of amides is 1. The van der Waals surface area contributed by atoms with E-state index in [4.69, 9.17) is 34.8 Å². The molecule has 0 spiro atoms. The smallest absolute Gasteiger partial charge is 0.262 e. The highest BCUT2D eigenvalue weighted by atomic mass is 35.6. The van der Waals surface area contributed by atoms with Crippen LogP contribution in [0.4, 0.5) is 0 Å². The molecule has 0 bridgehead atoms. The van der Waals surface area contributed by atoms with Crippen molar-refractivity contribution >= 4 is 61.9 Å². The minimum Gasteiger partial charge on any atom is -0.331 e. The Hall–Kier alpha value is -0.790. The number of hydrogen-bond acceptors (Lipinski definition) is 4. The third kappa shape index (κ3) is 3.94. The van der Waals surface area contributed by atoms with Crippen LogP contribution in [0.1, 0.15) is 9.67 Å². The number of carbonyl (C=O) groups is 1. The number of rotatable bonds is 4. The van der Waals surface area contributed by atoms with E-state index in [-0.39, 0.29) is 4.90 Å². The maximum Gasteiger partial charge on any atom is 0.262 e. The van der Waals surface area contributed by atoms with Crippen LogP contribution < -0.4 is 5.32 Å². The Labute approximate surface area is 146 Å². The molecule has 0 aliphatic rings. The van der Waals surface area contributed by atoms with E-state index in [9.17, 15) is 13.2 Å². The largest absolute Gasteiger partial charge is 0.331 e. The predicted molar refractivity (Wildman–Crippen MR) is 89.5 cm³/mol. The molecular weight excluding hydrogens is 389 g/mol. The molecular formula is C13H10Cl3NO3S2. The summed E-state index contributed by atoms with van der Waals surface area (Å²) in [5, 5.41) is 2.26. The second-order valence-electron chi connectivity index (χ2n) is 4.23. The molecule has 0 fully saturated rings. The van der Waals surface area contributed by atoms with Crippen molar-refractivity contribution in [3.8, 4) is 0 Å². The zero-order valence-electron chi connectivity index (χ0n) is 10.9. The molecule has 1 atom stereocenters. The van der Waals surface area contributed by atoms with Gasteiger partial charge in [0.2, 0.25) is 13.6 Å². The molecule has 2 aromatic rings. The summed E-state index contributed by atoms with van der Waals surface area (Å²) < 4.78 is 23.0. The lowest BCUT2D eigenvalue weighted by molar-refractivity contribution is 0.0952. The first-order valence-electron chi connectivity index (χ1n) is 5.93. The van der Waals surface area contributed by atoms with Crippen LogP contribution >= 0.6 is 46.1 Å². The van der Waals surface area contributed by atoms with E-state index in [1.807, 2.05) is 0 Å². The molecule has 0 saturated carbocycles. The minimum absolute atomic E-state index is 0.0437. The van der Waals surface area contributed by atoms with Crippen LogP contribution in [0, 0.1) is 0 Å². The van der Waals surface area contributed by atoms with Crippen LogP contribution in [0.15, 0.2) is 52.7 Å². The molecule has 1 aromatic carbocycles. The summed E-state index contributed by atoms with van der Waals surface area (Å²) >= 11 is 18.5. The summed E-state index contributed by atoms with van der Waals surface area (Å²) in [5.74, 6) is -0.620. The summed E-state index contributed by atoms with van der Waals surface area (Å²) in [5.41, 5.74) is 0. The molecule has 1 amide bonds. The van der Waals surface area contributed by atoms with E-state index in [1.165, 1.54) is 12.1 Å². The highest BCUT2D eigenvalue weighted by Gasteiger charge is 2.44. The lowest BCUT2D eigenvalue weighted by Crippen LogP contribution is -2.49. The molecule has 0 radical (unpaired) electrons. The van der Waals surface area contributed by atoms with Gasteiger partial charge in [0.1, 0.15) is 0 Å². The van der Waals surface area contributed by atoms with Gasteiger partial charge in [-0.25, -0.2) is 8.42 Å². The Kier molecular flexibility index (Phi) is 5.40. The number of sulfone groups is 1. The van der Waals surface area contributed by atoms with E-state index in [0.717, 1.165) is 11.3 Å². The van der Waals surface area contributed by atoms with Crippen molar-refractivity contribution in [2.24, 2.45) is 0 Å². The number of benzene rings is 1. The van der Waals surface area contributed by atoms with Gasteiger partial charge < -0.3 is 5.32 Å². The molecule has 0 aliphatic heterocycles. The van der Waals surface area contributed by atoms with Crippen molar-refractivity contribution in [3.05, 3.63) is 52.7 Å². The molecule has 0 saturated heterocycles. The number of carbonyl (C=O) groups excluding carboxylic acids is 1. The van der Waals surface area contributed by atoms with Gasteiger partial charge in [0.15, 0.2) is 5.37 Å². The van der Waals surface area contributed by atoms with E-state index in [0.29, 0.717) is 4.88 Å². The van der Waals surface area contributed by atoms with Gasteiger partial charge in [-0.1, -0.05) is 59.1 Å². The average molecular weight is 399 g/mol. The second kappa shape index (κ2) is 6.76. The van der Waals surface area contributed by atoms with Crippen molar-refractivity contribution in [2.45, 2.75) is 14.1 Å². The Morgan fingerprint density at radius 2 is 1.73 bits per heavy atom. The van der Waals surface area contributed by atoms with Crippen molar-refractivity contribution in [1.82, 2.24) is 5.32 Å². The fraction of sp³-hybridized carbons (Fsp3) is 0.154. The first kappa shape index (κ1) is 17.6. The maximum absolute atomic E-state index is 12.6. The fourth-order valence-electron chi connectivity index (χ4n) is 1.68. The normalized spacial score (nSPS) is 13.6. The van der Waals surface area contributed by atoms with Crippen molar-refractivity contribution in [2.75, 3.05) is 0 Å². The van der Waals surface area contributed by atoms with Gasteiger partial charge in [0.25, 0.3) is 5.91 Å². The van der Waals surface area contributed by atoms with Crippen molar-refractivity contribution in [3.63, 3.8) is 0 Å². The van der Waals surface area contributed by atoms with Crippen molar-refractivity contribution < 1.29 is 13.2 Å². The summed E-state index contributed by atoms with van der Waals surface area (Å²) in [4.78, 5) is 12.4. The summed E-state index contributed by atoms with van der Waals surface area (Å²) in [6.45, 7) is 0. The van der Waals surface area contributed by atoms with Gasteiger partial charge >= 0.3 is 0 Å². The zero-order valence-corrected chi connectivity index (χ0v) is 14.8. The first-order chi connectivity index (χ1) is 10.2. The van der Waals surface area contributed by atoms with Gasteiger partial charge in [-0.3, -0.25) is 4.79 Å². The maximum atomic E-state index is 12.6. The van der Waals surface area contributed by atoms with E-state index in [2.05, 4.69) is 5.32 Å². The number of hydrogen-bond donors (Lipinski definition) is 1. The van der Waals surface area contributed by atoms with Crippen LogP contribution in [-0.2, 0) is 9.84 Å². The molecule has 22 heavy (non-hydrogen) atoms. The summed E-state index contributed by atoms with van der Waals surface area (Å²) in [6, 6.07) is 10.7. The zero-order chi connectivity index (χ0) is 16.4. The third-order valence-corrected chi connectivity index (χ3v) is 6.62. The third-order valence-electron chi connectivity index (χ3n) is 2.69. The molecule has 1 N–H and O–H groups in total. The van der Waals surface area contributed by atoms with Crippen molar-refractivity contribution in [1.29, 1.82) is 0 Å². The Bertz CT molecular complexity index is 741. The molecule has 118 valence electrons. The topological polar surface area (TPSA) is 63.2 Å².